The van der Waals surface area contributed by atoms with Crippen molar-refractivity contribution >= 4 is 11.6 Å². The van der Waals surface area contributed by atoms with Gasteiger partial charge in [-0.1, -0.05) is 31.2 Å². The standard InChI is InChI=1S/C20H26N4O2/c1-3-15-4-6-16(7-5-15)10-19(25)21-12-17-8-9-24(14-17)18-11-20(26)23(2)22-13-18/h4-7,11,13,17H,3,8-10,12,14H2,1-2H3,(H,21,25)/t17-/m0/s1. The summed E-state index contributed by atoms with van der Waals surface area (Å²) in [5.41, 5.74) is 3.08. The molecule has 0 bridgehead atoms. The summed E-state index contributed by atoms with van der Waals surface area (Å²) in [4.78, 5) is 26.1. The minimum Gasteiger partial charge on any atom is -0.370 e. The smallest absolute Gasteiger partial charge is 0.268 e. The van der Waals surface area contributed by atoms with Crippen LogP contribution in [0.3, 0.4) is 0 Å². The Hall–Kier alpha value is -2.63. The van der Waals surface area contributed by atoms with Crippen molar-refractivity contribution in [1.82, 2.24) is 15.1 Å². The van der Waals surface area contributed by atoms with Crippen molar-refractivity contribution in [3.8, 4) is 0 Å². The second kappa shape index (κ2) is 8.17. The van der Waals surface area contributed by atoms with Crippen LogP contribution < -0.4 is 15.8 Å². The number of amides is 1. The molecule has 1 atom stereocenters. The fraction of sp³-hybridized carbons (Fsp3) is 0.450. The average Bonchev–Trinajstić information content (AvgIpc) is 3.12. The van der Waals surface area contributed by atoms with Crippen molar-refractivity contribution in [2.24, 2.45) is 13.0 Å². The summed E-state index contributed by atoms with van der Waals surface area (Å²) >= 11 is 0. The highest BCUT2D eigenvalue weighted by Gasteiger charge is 2.23. The van der Waals surface area contributed by atoms with E-state index in [-0.39, 0.29) is 11.5 Å². The van der Waals surface area contributed by atoms with Gasteiger partial charge in [0.25, 0.3) is 5.56 Å². The SMILES string of the molecule is CCc1ccc(CC(=O)NC[C@@H]2CCN(c3cnn(C)c(=O)c3)C2)cc1. The zero-order chi connectivity index (χ0) is 18.5. The fourth-order valence-electron chi connectivity index (χ4n) is 3.27. The summed E-state index contributed by atoms with van der Waals surface area (Å²) in [6, 6.07) is 9.83. The van der Waals surface area contributed by atoms with E-state index in [2.05, 4.69) is 34.4 Å². The third-order valence-electron chi connectivity index (χ3n) is 4.99. The number of nitrogens with one attached hydrogen (secondary N) is 1. The number of rotatable bonds is 6. The largest absolute Gasteiger partial charge is 0.370 e. The number of nitrogens with zero attached hydrogens (tertiary/aromatic N) is 3. The number of aromatic nitrogens is 2. The Labute approximate surface area is 153 Å². The molecule has 1 N–H and O–H groups in total. The Bertz CT molecular complexity index is 813. The number of carbonyl (C=O) groups excluding carboxylic acids is 1. The molecule has 1 aromatic carbocycles. The quantitative estimate of drug-likeness (QED) is 0.854. The van der Waals surface area contributed by atoms with Gasteiger partial charge in [-0.25, -0.2) is 4.68 Å². The van der Waals surface area contributed by atoms with E-state index in [4.69, 9.17) is 0 Å². The number of hydrogen-bond donors (Lipinski definition) is 1. The lowest BCUT2D eigenvalue weighted by Crippen LogP contribution is -2.32. The van der Waals surface area contributed by atoms with Gasteiger partial charge in [-0.05, 0) is 29.9 Å². The summed E-state index contributed by atoms with van der Waals surface area (Å²) in [6.07, 6.45) is 4.15. The van der Waals surface area contributed by atoms with Crippen LogP contribution in [-0.4, -0.2) is 35.3 Å². The second-order valence-electron chi connectivity index (χ2n) is 6.93. The van der Waals surface area contributed by atoms with Gasteiger partial charge in [-0.15, -0.1) is 0 Å². The molecule has 0 radical (unpaired) electrons. The van der Waals surface area contributed by atoms with Gasteiger partial charge in [-0.3, -0.25) is 9.59 Å². The van der Waals surface area contributed by atoms with Crippen molar-refractivity contribution in [2.45, 2.75) is 26.2 Å². The zero-order valence-corrected chi connectivity index (χ0v) is 15.4. The molecule has 0 saturated carbocycles. The molecule has 0 spiro atoms. The first kappa shape index (κ1) is 18.2. The lowest BCUT2D eigenvalue weighted by molar-refractivity contribution is -0.120. The van der Waals surface area contributed by atoms with Crippen molar-refractivity contribution in [3.05, 3.63) is 58.0 Å². The van der Waals surface area contributed by atoms with Gasteiger partial charge in [0.1, 0.15) is 0 Å². The fourth-order valence-corrected chi connectivity index (χ4v) is 3.27. The van der Waals surface area contributed by atoms with Crippen LogP contribution in [0.2, 0.25) is 0 Å². The predicted molar refractivity (Wildman–Crippen MR) is 102 cm³/mol. The third-order valence-corrected chi connectivity index (χ3v) is 4.99. The molecule has 3 rings (SSSR count). The zero-order valence-electron chi connectivity index (χ0n) is 15.4. The molecule has 2 heterocycles. The maximum Gasteiger partial charge on any atom is 0.268 e. The van der Waals surface area contributed by atoms with Gasteiger partial charge in [0.05, 0.1) is 18.3 Å². The lowest BCUT2D eigenvalue weighted by atomic mass is 10.1. The van der Waals surface area contributed by atoms with Crippen LogP contribution in [0, 0.1) is 5.92 Å². The molecule has 6 nitrogen and oxygen atoms in total. The molecule has 138 valence electrons. The molecular weight excluding hydrogens is 328 g/mol. The lowest BCUT2D eigenvalue weighted by Gasteiger charge is -2.18. The Morgan fingerprint density at radius 1 is 1.27 bits per heavy atom. The minimum absolute atomic E-state index is 0.0583. The van der Waals surface area contributed by atoms with E-state index < -0.39 is 0 Å². The highest BCUT2D eigenvalue weighted by atomic mass is 16.1. The maximum atomic E-state index is 12.2. The van der Waals surface area contributed by atoms with Gasteiger partial charge in [0.15, 0.2) is 0 Å². The summed E-state index contributed by atoms with van der Waals surface area (Å²) in [5, 5.41) is 7.12. The van der Waals surface area contributed by atoms with Crippen LogP contribution in [0.5, 0.6) is 0 Å². The molecule has 1 aliphatic heterocycles. The Balaban J connectivity index is 1.47. The summed E-state index contributed by atoms with van der Waals surface area (Å²) in [5.74, 6) is 0.452. The van der Waals surface area contributed by atoms with Crippen LogP contribution in [-0.2, 0) is 24.7 Å². The van der Waals surface area contributed by atoms with Crippen LogP contribution in [0.15, 0.2) is 41.3 Å². The molecule has 1 saturated heterocycles. The highest BCUT2D eigenvalue weighted by molar-refractivity contribution is 5.78. The molecule has 6 heteroatoms. The first-order valence-electron chi connectivity index (χ1n) is 9.18. The molecule has 1 aliphatic rings. The first-order chi connectivity index (χ1) is 12.5. The Morgan fingerprint density at radius 2 is 2.00 bits per heavy atom. The van der Waals surface area contributed by atoms with Gasteiger partial charge in [-0.2, -0.15) is 5.10 Å². The van der Waals surface area contributed by atoms with Crippen LogP contribution in [0.1, 0.15) is 24.5 Å². The molecule has 1 amide bonds. The number of benzene rings is 1. The number of anilines is 1. The second-order valence-corrected chi connectivity index (χ2v) is 6.93. The van der Waals surface area contributed by atoms with Gasteiger partial charge < -0.3 is 10.2 Å². The molecule has 26 heavy (non-hydrogen) atoms. The number of aryl methyl sites for hydroxylation is 2. The number of carbonyl (C=O) groups is 1. The van der Waals surface area contributed by atoms with Crippen molar-refractivity contribution < 1.29 is 4.79 Å². The van der Waals surface area contributed by atoms with E-state index in [0.29, 0.717) is 18.9 Å². The van der Waals surface area contributed by atoms with E-state index in [1.165, 1.54) is 10.2 Å². The van der Waals surface area contributed by atoms with Crippen LogP contribution in [0.25, 0.3) is 0 Å². The monoisotopic (exact) mass is 354 g/mol. The van der Waals surface area contributed by atoms with Gasteiger partial charge in [0.2, 0.25) is 5.91 Å². The van der Waals surface area contributed by atoms with Gasteiger partial charge in [0, 0.05) is 32.7 Å². The summed E-state index contributed by atoms with van der Waals surface area (Å²) in [7, 11) is 1.64. The summed E-state index contributed by atoms with van der Waals surface area (Å²) < 4.78 is 1.32. The van der Waals surface area contributed by atoms with E-state index in [0.717, 1.165) is 37.2 Å². The van der Waals surface area contributed by atoms with E-state index >= 15 is 0 Å². The Kier molecular flexibility index (Phi) is 5.71. The average molecular weight is 354 g/mol. The molecular formula is C20H26N4O2. The van der Waals surface area contributed by atoms with Gasteiger partial charge >= 0.3 is 0 Å². The topological polar surface area (TPSA) is 67.2 Å². The maximum absolute atomic E-state index is 12.2. The molecule has 0 aliphatic carbocycles. The molecule has 1 aromatic heterocycles. The third kappa shape index (κ3) is 4.50. The summed E-state index contributed by atoms with van der Waals surface area (Å²) in [6.45, 7) is 4.50. The minimum atomic E-state index is -0.103. The van der Waals surface area contributed by atoms with E-state index in [1.54, 1.807) is 19.3 Å². The molecule has 2 aromatic rings. The van der Waals surface area contributed by atoms with Crippen LogP contribution >= 0.6 is 0 Å². The highest BCUT2D eigenvalue weighted by Crippen LogP contribution is 2.21. The normalized spacial score (nSPS) is 16.7. The molecule has 0 unspecified atom stereocenters. The van der Waals surface area contributed by atoms with Crippen molar-refractivity contribution in [3.63, 3.8) is 0 Å². The first-order valence-corrected chi connectivity index (χ1v) is 9.18. The molecule has 1 fully saturated rings. The van der Waals surface area contributed by atoms with Crippen molar-refractivity contribution in [2.75, 3.05) is 24.5 Å². The van der Waals surface area contributed by atoms with Crippen LogP contribution in [0.4, 0.5) is 5.69 Å². The number of hydrogen-bond acceptors (Lipinski definition) is 4. The van der Waals surface area contributed by atoms with E-state index in [1.807, 2.05) is 12.1 Å². The Morgan fingerprint density at radius 3 is 2.69 bits per heavy atom. The van der Waals surface area contributed by atoms with Crippen molar-refractivity contribution in [1.29, 1.82) is 0 Å². The van der Waals surface area contributed by atoms with E-state index in [9.17, 15) is 9.59 Å². The predicted octanol–water partition coefficient (Wildman–Crippen LogP) is 1.53.